The summed E-state index contributed by atoms with van der Waals surface area (Å²) in [5.41, 5.74) is 4.32. The predicted molar refractivity (Wildman–Crippen MR) is 111 cm³/mol. The van der Waals surface area contributed by atoms with E-state index >= 15 is 0 Å². The lowest BCUT2D eigenvalue weighted by molar-refractivity contribution is 0.540. The predicted octanol–water partition coefficient (Wildman–Crippen LogP) is 5.19. The van der Waals surface area contributed by atoms with Crippen LogP contribution in [0.4, 0.5) is 10.3 Å². The first-order valence-electron chi connectivity index (χ1n) is 9.07. The zero-order valence-corrected chi connectivity index (χ0v) is 15.9. The van der Waals surface area contributed by atoms with Crippen LogP contribution in [0.1, 0.15) is 17.2 Å². The monoisotopic (exact) mass is 403 g/mol. The van der Waals surface area contributed by atoms with Crippen molar-refractivity contribution in [1.82, 2.24) is 20.2 Å². The van der Waals surface area contributed by atoms with Crippen LogP contribution in [0, 0.1) is 5.82 Å². The lowest BCUT2D eigenvalue weighted by Crippen LogP contribution is -2.21. The minimum Gasteiger partial charge on any atom is -0.323 e. The fourth-order valence-electron chi connectivity index (χ4n) is 3.49. The number of hydrogen-bond donors (Lipinski definition) is 1. The fraction of sp³-hybridized carbons (Fsp3) is 0.0455. The average Bonchev–Trinajstić information content (AvgIpc) is 3.23. The fourth-order valence-corrected chi connectivity index (χ4v) is 3.77. The largest absolute Gasteiger partial charge is 0.323 e. The molecule has 5 nitrogen and oxygen atoms in total. The second-order valence-electron chi connectivity index (χ2n) is 6.68. The van der Waals surface area contributed by atoms with Crippen LogP contribution in [0.5, 0.6) is 0 Å². The summed E-state index contributed by atoms with van der Waals surface area (Å²) < 4.78 is 16.1. The normalized spacial score (nSPS) is 15.4. The Morgan fingerprint density at radius 3 is 2.34 bits per heavy atom. The number of benzene rings is 3. The van der Waals surface area contributed by atoms with Gasteiger partial charge in [-0.15, -0.1) is 0 Å². The Morgan fingerprint density at radius 1 is 0.862 bits per heavy atom. The summed E-state index contributed by atoms with van der Waals surface area (Å²) in [6, 6.07) is 22.3. The number of rotatable bonds is 3. The van der Waals surface area contributed by atoms with Crippen molar-refractivity contribution in [3.8, 4) is 11.1 Å². The molecular weight excluding hydrogens is 389 g/mol. The van der Waals surface area contributed by atoms with Crippen LogP contribution in [0.25, 0.3) is 16.8 Å². The smallest absolute Gasteiger partial charge is 0.248 e. The maximum absolute atomic E-state index is 14.6. The lowest BCUT2D eigenvalue weighted by Gasteiger charge is -2.24. The van der Waals surface area contributed by atoms with Crippen molar-refractivity contribution < 1.29 is 4.39 Å². The van der Waals surface area contributed by atoms with Crippen LogP contribution in [0.2, 0.25) is 5.02 Å². The van der Waals surface area contributed by atoms with Crippen molar-refractivity contribution in [2.75, 3.05) is 5.32 Å². The van der Waals surface area contributed by atoms with E-state index in [1.807, 2.05) is 36.4 Å². The number of fused-ring (bicyclic) bond motifs is 1. The molecule has 4 aromatic rings. The standard InChI is InChI=1S/C22H15ClFN5/c23-17-7-4-8-18(24)21(17)20-13-19(25-22-26-27-28-29(20)22)16-11-9-15(10-12-16)14-5-2-1-3-6-14/h1-13,20H,(H,25,26,28). The molecule has 2 heterocycles. The van der Waals surface area contributed by atoms with Gasteiger partial charge in [0.15, 0.2) is 0 Å². The van der Waals surface area contributed by atoms with Gasteiger partial charge in [0, 0.05) is 16.3 Å². The molecule has 0 amide bonds. The van der Waals surface area contributed by atoms with Crippen molar-refractivity contribution in [1.29, 1.82) is 0 Å². The SMILES string of the molecule is Fc1cccc(Cl)c1C1C=C(c2ccc(-c3ccccc3)cc2)Nc2nnnn21. The van der Waals surface area contributed by atoms with Crippen LogP contribution in [-0.4, -0.2) is 20.2 Å². The molecule has 1 aromatic heterocycles. The number of tetrazole rings is 1. The molecule has 3 aromatic carbocycles. The number of anilines is 1. The molecule has 0 saturated carbocycles. The highest BCUT2D eigenvalue weighted by molar-refractivity contribution is 6.31. The Bertz CT molecular complexity index is 1180. The van der Waals surface area contributed by atoms with Crippen LogP contribution < -0.4 is 5.32 Å². The summed E-state index contributed by atoms with van der Waals surface area (Å²) in [6.07, 6.45) is 1.88. The molecule has 0 radical (unpaired) electrons. The summed E-state index contributed by atoms with van der Waals surface area (Å²) in [4.78, 5) is 0. The van der Waals surface area contributed by atoms with Gasteiger partial charge >= 0.3 is 0 Å². The van der Waals surface area contributed by atoms with E-state index in [1.54, 1.807) is 12.1 Å². The van der Waals surface area contributed by atoms with Gasteiger partial charge < -0.3 is 5.32 Å². The molecule has 0 aliphatic carbocycles. The van der Waals surface area contributed by atoms with Gasteiger partial charge in [0.1, 0.15) is 11.9 Å². The first-order valence-corrected chi connectivity index (χ1v) is 9.45. The van der Waals surface area contributed by atoms with Crippen molar-refractivity contribution in [2.24, 2.45) is 0 Å². The minimum absolute atomic E-state index is 0.327. The Labute approximate surface area is 171 Å². The topological polar surface area (TPSA) is 55.6 Å². The third kappa shape index (κ3) is 3.17. The Kier molecular flexibility index (Phi) is 4.33. The number of aromatic nitrogens is 4. The van der Waals surface area contributed by atoms with Crippen molar-refractivity contribution >= 4 is 23.2 Å². The van der Waals surface area contributed by atoms with Crippen molar-refractivity contribution in [3.05, 3.63) is 101 Å². The van der Waals surface area contributed by atoms with Crippen LogP contribution in [-0.2, 0) is 0 Å². The Hall–Kier alpha value is -3.51. The van der Waals surface area contributed by atoms with Gasteiger partial charge in [-0.25, -0.2) is 4.39 Å². The number of nitrogens with zero attached hydrogens (tertiary/aromatic N) is 4. The molecule has 5 rings (SSSR count). The number of allylic oxidation sites excluding steroid dienone is 1. The van der Waals surface area contributed by atoms with E-state index in [2.05, 4.69) is 45.1 Å². The van der Waals surface area contributed by atoms with E-state index < -0.39 is 11.9 Å². The molecular formula is C22H15ClFN5. The number of halogens is 2. The zero-order valence-electron chi connectivity index (χ0n) is 15.1. The van der Waals surface area contributed by atoms with Gasteiger partial charge in [-0.3, -0.25) is 0 Å². The van der Waals surface area contributed by atoms with E-state index in [9.17, 15) is 4.39 Å². The summed E-state index contributed by atoms with van der Waals surface area (Å²) >= 11 is 6.31. The van der Waals surface area contributed by atoms with E-state index in [-0.39, 0.29) is 0 Å². The molecule has 0 spiro atoms. The van der Waals surface area contributed by atoms with Gasteiger partial charge in [0.2, 0.25) is 5.95 Å². The zero-order chi connectivity index (χ0) is 19.8. The quantitative estimate of drug-likeness (QED) is 0.511. The summed E-state index contributed by atoms with van der Waals surface area (Å²) in [6.45, 7) is 0. The summed E-state index contributed by atoms with van der Waals surface area (Å²) in [7, 11) is 0. The van der Waals surface area contributed by atoms with E-state index in [0.717, 1.165) is 22.4 Å². The van der Waals surface area contributed by atoms with Gasteiger partial charge in [0.25, 0.3) is 0 Å². The second-order valence-corrected chi connectivity index (χ2v) is 7.08. The van der Waals surface area contributed by atoms with Crippen molar-refractivity contribution in [2.45, 2.75) is 6.04 Å². The highest BCUT2D eigenvalue weighted by Gasteiger charge is 2.28. The highest BCUT2D eigenvalue weighted by Crippen LogP contribution is 2.36. The molecule has 142 valence electrons. The molecule has 0 bridgehead atoms. The van der Waals surface area contributed by atoms with E-state index in [1.165, 1.54) is 10.7 Å². The first kappa shape index (κ1) is 17.6. The maximum Gasteiger partial charge on any atom is 0.248 e. The van der Waals surface area contributed by atoms with Gasteiger partial charge in [0.05, 0.1) is 0 Å². The number of nitrogens with one attached hydrogen (secondary N) is 1. The van der Waals surface area contributed by atoms with Gasteiger partial charge in [-0.05, 0) is 45.3 Å². The lowest BCUT2D eigenvalue weighted by atomic mass is 9.99. The Morgan fingerprint density at radius 2 is 1.59 bits per heavy atom. The van der Waals surface area contributed by atoms with Crippen molar-refractivity contribution in [3.63, 3.8) is 0 Å². The third-order valence-electron chi connectivity index (χ3n) is 4.93. The van der Waals surface area contributed by atoms with Crippen LogP contribution >= 0.6 is 11.6 Å². The van der Waals surface area contributed by atoms with Gasteiger partial charge in [-0.1, -0.05) is 77.4 Å². The van der Waals surface area contributed by atoms with E-state index in [0.29, 0.717) is 16.5 Å². The minimum atomic E-state index is -0.557. The molecule has 7 heteroatoms. The van der Waals surface area contributed by atoms with Gasteiger partial charge in [-0.2, -0.15) is 4.68 Å². The Balaban J connectivity index is 1.56. The molecule has 29 heavy (non-hydrogen) atoms. The van der Waals surface area contributed by atoms with Crippen LogP contribution in [0.15, 0.2) is 78.9 Å². The first-order chi connectivity index (χ1) is 14.2. The molecule has 1 N–H and O–H groups in total. The summed E-state index contributed by atoms with van der Waals surface area (Å²) in [5.74, 6) is 0.0276. The third-order valence-corrected chi connectivity index (χ3v) is 5.26. The molecule has 1 aliphatic rings. The molecule has 1 atom stereocenters. The molecule has 0 fully saturated rings. The maximum atomic E-state index is 14.6. The molecule has 0 saturated heterocycles. The second kappa shape index (κ2) is 7.14. The average molecular weight is 404 g/mol. The molecule has 1 aliphatic heterocycles. The summed E-state index contributed by atoms with van der Waals surface area (Å²) in [5, 5.41) is 15.3. The number of hydrogen-bond acceptors (Lipinski definition) is 4. The molecule has 1 unspecified atom stereocenters. The van der Waals surface area contributed by atoms with E-state index in [4.69, 9.17) is 11.6 Å². The highest BCUT2D eigenvalue weighted by atomic mass is 35.5. The van der Waals surface area contributed by atoms with Crippen LogP contribution in [0.3, 0.4) is 0 Å².